The van der Waals surface area contributed by atoms with Crippen molar-refractivity contribution in [1.29, 1.82) is 0 Å². The summed E-state index contributed by atoms with van der Waals surface area (Å²) in [4.78, 5) is 14.5. The van der Waals surface area contributed by atoms with Crippen LogP contribution in [-0.2, 0) is 0 Å². The average molecular weight is 239 g/mol. The number of hydrogen-bond donors (Lipinski definition) is 1. The predicted octanol–water partition coefficient (Wildman–Crippen LogP) is 2.47. The Morgan fingerprint density at radius 2 is 2.00 bits per heavy atom. The Bertz CT molecular complexity index is 375. The van der Waals surface area contributed by atoms with Crippen LogP contribution < -0.4 is 4.74 Å². The van der Waals surface area contributed by atoms with Crippen molar-refractivity contribution in [2.24, 2.45) is 0 Å². The van der Waals surface area contributed by atoms with Gasteiger partial charge in [0.05, 0.1) is 17.6 Å². The lowest BCUT2D eigenvalue weighted by molar-refractivity contribution is 0.0769. The smallest absolute Gasteiger partial charge is 0.255 e. The molecule has 0 atom stereocenters. The quantitative estimate of drug-likeness (QED) is 0.818. The van der Waals surface area contributed by atoms with Crippen molar-refractivity contribution in [1.82, 2.24) is 4.90 Å². The van der Waals surface area contributed by atoms with E-state index in [1.807, 2.05) is 13.8 Å². The fourth-order valence-corrected chi connectivity index (χ4v) is 1.88. The van der Waals surface area contributed by atoms with E-state index in [1.165, 1.54) is 0 Å². The number of methoxy groups -OCH3 is 1. The molecule has 0 unspecified atom stereocenters. The summed E-state index contributed by atoms with van der Waals surface area (Å²) in [6.07, 6.45) is 0. The maximum atomic E-state index is 12.1. The summed E-state index contributed by atoms with van der Waals surface area (Å²) in [5.41, 5.74) is 0.589. The van der Waals surface area contributed by atoms with Gasteiger partial charge in [0.15, 0.2) is 0 Å². The number of carbonyl (C=O) groups is 1. The molecule has 16 heavy (non-hydrogen) atoms. The summed E-state index contributed by atoms with van der Waals surface area (Å²) in [6.45, 7) is 5.30. The van der Waals surface area contributed by atoms with Crippen molar-refractivity contribution in [2.45, 2.75) is 18.7 Å². The third-order valence-electron chi connectivity index (χ3n) is 2.50. The molecular formula is C12H17NO2S. The van der Waals surface area contributed by atoms with Gasteiger partial charge in [-0.15, -0.1) is 12.6 Å². The van der Waals surface area contributed by atoms with E-state index in [2.05, 4.69) is 12.6 Å². The molecule has 88 valence electrons. The van der Waals surface area contributed by atoms with E-state index in [9.17, 15) is 4.79 Å². The molecule has 1 aromatic rings. The van der Waals surface area contributed by atoms with Gasteiger partial charge in [-0.2, -0.15) is 0 Å². The summed E-state index contributed by atoms with van der Waals surface area (Å²) in [5, 5.41) is 0. The van der Waals surface area contributed by atoms with Gasteiger partial charge in [0.1, 0.15) is 5.75 Å². The molecule has 0 aromatic heterocycles. The first-order valence-corrected chi connectivity index (χ1v) is 5.75. The first-order valence-electron chi connectivity index (χ1n) is 5.30. The number of benzene rings is 1. The molecular weight excluding hydrogens is 222 g/mol. The van der Waals surface area contributed by atoms with Gasteiger partial charge in [0.25, 0.3) is 5.91 Å². The highest BCUT2D eigenvalue weighted by atomic mass is 32.1. The van der Waals surface area contributed by atoms with Gasteiger partial charge >= 0.3 is 0 Å². The van der Waals surface area contributed by atoms with Gasteiger partial charge < -0.3 is 9.64 Å². The van der Waals surface area contributed by atoms with Gasteiger partial charge in [-0.3, -0.25) is 4.79 Å². The zero-order chi connectivity index (χ0) is 12.1. The highest BCUT2D eigenvalue weighted by Gasteiger charge is 2.16. The van der Waals surface area contributed by atoms with E-state index in [0.29, 0.717) is 29.3 Å². The van der Waals surface area contributed by atoms with E-state index < -0.39 is 0 Å². The highest BCUT2D eigenvalue weighted by Crippen LogP contribution is 2.26. The first-order chi connectivity index (χ1) is 7.65. The van der Waals surface area contributed by atoms with Crippen LogP contribution in [0.3, 0.4) is 0 Å². The lowest BCUT2D eigenvalue weighted by Crippen LogP contribution is -2.30. The minimum Gasteiger partial charge on any atom is -0.496 e. The van der Waals surface area contributed by atoms with Crippen LogP contribution in [0.2, 0.25) is 0 Å². The topological polar surface area (TPSA) is 29.5 Å². The molecule has 1 rings (SSSR count). The second-order valence-corrected chi connectivity index (χ2v) is 3.78. The molecule has 0 heterocycles. The van der Waals surface area contributed by atoms with Crippen LogP contribution in [0.4, 0.5) is 0 Å². The molecule has 0 saturated heterocycles. The Balaban J connectivity index is 3.08. The normalized spacial score (nSPS) is 10.0. The summed E-state index contributed by atoms with van der Waals surface area (Å²) in [6, 6.07) is 5.36. The van der Waals surface area contributed by atoms with Crippen molar-refractivity contribution in [2.75, 3.05) is 20.2 Å². The Labute approximate surface area is 102 Å². The second-order valence-electron chi connectivity index (χ2n) is 3.33. The van der Waals surface area contributed by atoms with Gasteiger partial charge in [0.2, 0.25) is 0 Å². The predicted molar refractivity (Wildman–Crippen MR) is 67.5 cm³/mol. The lowest BCUT2D eigenvalue weighted by atomic mass is 10.2. The summed E-state index contributed by atoms with van der Waals surface area (Å²) in [7, 11) is 1.57. The molecule has 0 spiro atoms. The Morgan fingerprint density at radius 1 is 1.38 bits per heavy atom. The number of amides is 1. The molecule has 0 aliphatic carbocycles. The fourth-order valence-electron chi connectivity index (χ4n) is 1.54. The summed E-state index contributed by atoms with van der Waals surface area (Å²) < 4.78 is 5.14. The van der Waals surface area contributed by atoms with E-state index in [4.69, 9.17) is 4.74 Å². The molecule has 4 heteroatoms. The summed E-state index contributed by atoms with van der Waals surface area (Å²) in [5.74, 6) is 0.621. The molecule has 0 aliphatic rings. The van der Waals surface area contributed by atoms with Gasteiger partial charge in [0, 0.05) is 13.1 Å². The largest absolute Gasteiger partial charge is 0.496 e. The molecule has 3 nitrogen and oxygen atoms in total. The van der Waals surface area contributed by atoms with E-state index >= 15 is 0 Å². The van der Waals surface area contributed by atoms with E-state index in [0.717, 1.165) is 0 Å². The van der Waals surface area contributed by atoms with Crippen molar-refractivity contribution in [3.05, 3.63) is 23.8 Å². The summed E-state index contributed by atoms with van der Waals surface area (Å²) >= 11 is 4.33. The second kappa shape index (κ2) is 5.80. The van der Waals surface area contributed by atoms with Crippen LogP contribution in [0.25, 0.3) is 0 Å². The van der Waals surface area contributed by atoms with Crippen LogP contribution in [-0.4, -0.2) is 31.0 Å². The number of thiol groups is 1. The fraction of sp³-hybridized carbons (Fsp3) is 0.417. The van der Waals surface area contributed by atoms with Crippen LogP contribution >= 0.6 is 12.6 Å². The molecule has 0 fully saturated rings. The zero-order valence-corrected chi connectivity index (χ0v) is 10.8. The van der Waals surface area contributed by atoms with Gasteiger partial charge in [-0.25, -0.2) is 0 Å². The monoisotopic (exact) mass is 239 g/mol. The minimum atomic E-state index is -0.00565. The maximum absolute atomic E-state index is 12.1. The van der Waals surface area contributed by atoms with Gasteiger partial charge in [-0.05, 0) is 26.0 Å². The minimum absolute atomic E-state index is 0.00565. The number of nitrogens with zero attached hydrogens (tertiary/aromatic N) is 1. The molecule has 0 radical (unpaired) electrons. The van der Waals surface area contributed by atoms with Gasteiger partial charge in [-0.1, -0.05) is 6.07 Å². The van der Waals surface area contributed by atoms with Crippen molar-refractivity contribution >= 4 is 18.5 Å². The standard InChI is InChI=1S/C12H17NO2S/c1-4-13(5-2)12(14)9-7-6-8-10(15-3)11(9)16/h6-8,16H,4-5H2,1-3H3. The van der Waals surface area contributed by atoms with E-state index in [-0.39, 0.29) is 5.91 Å². The van der Waals surface area contributed by atoms with Crippen LogP contribution in [0.15, 0.2) is 23.1 Å². The van der Waals surface area contributed by atoms with Crippen LogP contribution in [0, 0.1) is 0 Å². The number of hydrogen-bond acceptors (Lipinski definition) is 3. The van der Waals surface area contributed by atoms with Crippen LogP contribution in [0.5, 0.6) is 5.75 Å². The van der Waals surface area contributed by atoms with Crippen molar-refractivity contribution in [3.8, 4) is 5.75 Å². The Hall–Kier alpha value is -1.16. The zero-order valence-electron chi connectivity index (χ0n) is 9.86. The van der Waals surface area contributed by atoms with Crippen molar-refractivity contribution in [3.63, 3.8) is 0 Å². The SMILES string of the molecule is CCN(CC)C(=O)c1cccc(OC)c1S. The first kappa shape index (κ1) is 12.9. The Kier molecular flexibility index (Phi) is 4.68. The van der Waals surface area contributed by atoms with Crippen LogP contribution in [0.1, 0.15) is 24.2 Å². The number of rotatable bonds is 4. The molecule has 0 aliphatic heterocycles. The molecule has 0 saturated carbocycles. The van der Waals surface area contributed by atoms with Crippen molar-refractivity contribution < 1.29 is 9.53 Å². The third-order valence-corrected chi connectivity index (χ3v) is 2.96. The number of ether oxygens (including phenoxy) is 1. The molecule has 1 amide bonds. The maximum Gasteiger partial charge on any atom is 0.255 e. The lowest BCUT2D eigenvalue weighted by Gasteiger charge is -2.20. The average Bonchev–Trinajstić information content (AvgIpc) is 2.30. The third kappa shape index (κ3) is 2.50. The highest BCUT2D eigenvalue weighted by molar-refractivity contribution is 7.80. The van der Waals surface area contributed by atoms with E-state index in [1.54, 1.807) is 30.2 Å². The molecule has 1 aromatic carbocycles. The Morgan fingerprint density at radius 3 is 2.50 bits per heavy atom. The number of carbonyl (C=O) groups excluding carboxylic acids is 1. The molecule has 0 N–H and O–H groups in total. The molecule has 0 bridgehead atoms.